The molecule has 0 aliphatic rings. The van der Waals surface area contributed by atoms with Gasteiger partial charge in [-0.1, -0.05) is 41.9 Å². The fourth-order valence-electron chi connectivity index (χ4n) is 3.21. The summed E-state index contributed by atoms with van der Waals surface area (Å²) in [4.78, 5) is 24.8. The van der Waals surface area contributed by atoms with Crippen LogP contribution in [0.5, 0.6) is 0 Å². The van der Waals surface area contributed by atoms with Crippen molar-refractivity contribution < 1.29 is 18.7 Å². The van der Waals surface area contributed by atoms with E-state index in [-0.39, 0.29) is 24.0 Å². The van der Waals surface area contributed by atoms with Crippen molar-refractivity contribution in [1.29, 1.82) is 0 Å². The summed E-state index contributed by atoms with van der Waals surface area (Å²) in [5.74, 6) is -1.18. The van der Waals surface area contributed by atoms with E-state index >= 15 is 0 Å². The molecule has 3 aromatic rings. The Morgan fingerprint density at radius 3 is 2.53 bits per heavy atom. The fourth-order valence-corrected chi connectivity index (χ4v) is 3.39. The molecule has 1 heterocycles. The third kappa shape index (κ3) is 4.89. The molecule has 30 heavy (non-hydrogen) atoms. The summed E-state index contributed by atoms with van der Waals surface area (Å²) in [7, 11) is 0. The number of esters is 1. The van der Waals surface area contributed by atoms with Gasteiger partial charge in [0.25, 0.3) is 0 Å². The van der Waals surface area contributed by atoms with Crippen molar-refractivity contribution >= 4 is 29.2 Å². The minimum Gasteiger partial charge on any atom is -0.462 e. The smallest absolute Gasteiger partial charge is 0.339 e. The number of carbonyl (C=O) groups is 2. The molecule has 0 radical (unpaired) electrons. The van der Waals surface area contributed by atoms with Crippen LogP contribution in [0.2, 0.25) is 5.02 Å². The quantitative estimate of drug-likeness (QED) is 0.508. The number of carbonyl (C=O) groups excluding carboxylic acids is 2. The Bertz CT molecular complexity index is 1060. The first-order chi connectivity index (χ1) is 14.4. The van der Waals surface area contributed by atoms with Gasteiger partial charge in [-0.05, 0) is 43.7 Å². The Morgan fingerprint density at radius 2 is 1.87 bits per heavy atom. The number of halogens is 2. The van der Waals surface area contributed by atoms with Crippen LogP contribution < -0.4 is 5.32 Å². The Hall–Kier alpha value is -3.12. The Labute approximate surface area is 179 Å². The van der Waals surface area contributed by atoms with E-state index in [9.17, 15) is 14.0 Å². The zero-order valence-electron chi connectivity index (χ0n) is 16.7. The molecule has 0 unspecified atom stereocenters. The minimum absolute atomic E-state index is 0.0560. The highest BCUT2D eigenvalue weighted by atomic mass is 35.5. The van der Waals surface area contributed by atoms with Crippen LogP contribution in [0, 0.1) is 12.7 Å². The SMILES string of the molecule is CCOC(=O)c1cc(-c2ccccc2)n(CCC(=O)Nc2ccc(F)c(Cl)c2)c1C. The number of benzene rings is 2. The van der Waals surface area contributed by atoms with Crippen LogP contribution in [0.3, 0.4) is 0 Å². The van der Waals surface area contributed by atoms with Gasteiger partial charge in [-0.15, -0.1) is 0 Å². The number of amides is 1. The van der Waals surface area contributed by atoms with Gasteiger partial charge in [-0.25, -0.2) is 9.18 Å². The summed E-state index contributed by atoms with van der Waals surface area (Å²) in [5, 5.41) is 2.66. The highest BCUT2D eigenvalue weighted by Gasteiger charge is 2.20. The second kappa shape index (κ2) is 9.59. The van der Waals surface area contributed by atoms with E-state index in [1.54, 1.807) is 13.0 Å². The first kappa shape index (κ1) is 21.6. The minimum atomic E-state index is -0.545. The lowest BCUT2D eigenvalue weighted by atomic mass is 10.1. The average molecular weight is 429 g/mol. The number of rotatable bonds is 7. The molecule has 5 nitrogen and oxygen atoms in total. The molecule has 3 rings (SSSR count). The van der Waals surface area contributed by atoms with Crippen molar-refractivity contribution in [3.8, 4) is 11.3 Å². The van der Waals surface area contributed by atoms with Gasteiger partial charge in [0.1, 0.15) is 5.82 Å². The summed E-state index contributed by atoms with van der Waals surface area (Å²) in [6.07, 6.45) is 0.159. The molecule has 1 N–H and O–H groups in total. The molecule has 0 saturated heterocycles. The predicted octanol–water partition coefficient (Wildman–Crippen LogP) is 5.46. The van der Waals surface area contributed by atoms with E-state index in [0.717, 1.165) is 17.0 Å². The first-order valence-corrected chi connectivity index (χ1v) is 9.96. The number of nitrogens with one attached hydrogen (secondary N) is 1. The molecule has 0 aliphatic carbocycles. The average Bonchev–Trinajstić information content (AvgIpc) is 3.06. The van der Waals surface area contributed by atoms with E-state index in [1.807, 2.05) is 41.8 Å². The molecule has 0 spiro atoms. The van der Waals surface area contributed by atoms with Crippen LogP contribution >= 0.6 is 11.6 Å². The summed E-state index contributed by atoms with van der Waals surface area (Å²) in [6.45, 7) is 4.23. The molecule has 1 amide bonds. The van der Waals surface area contributed by atoms with Crippen molar-refractivity contribution in [3.63, 3.8) is 0 Å². The van der Waals surface area contributed by atoms with Gasteiger partial charge in [0.2, 0.25) is 5.91 Å². The largest absolute Gasteiger partial charge is 0.462 e. The third-order valence-corrected chi connectivity index (χ3v) is 4.99. The number of nitrogens with zero attached hydrogens (tertiary/aromatic N) is 1. The summed E-state index contributed by atoms with van der Waals surface area (Å²) < 4.78 is 20.4. The van der Waals surface area contributed by atoms with Crippen LogP contribution in [0.1, 0.15) is 29.4 Å². The maximum Gasteiger partial charge on any atom is 0.339 e. The maximum atomic E-state index is 13.3. The lowest BCUT2D eigenvalue weighted by Crippen LogP contribution is -2.16. The molecule has 156 valence electrons. The van der Waals surface area contributed by atoms with E-state index in [2.05, 4.69) is 5.32 Å². The van der Waals surface area contributed by atoms with Gasteiger partial charge < -0.3 is 14.6 Å². The summed E-state index contributed by atoms with van der Waals surface area (Å²) in [6, 6.07) is 15.4. The van der Waals surface area contributed by atoms with E-state index in [0.29, 0.717) is 17.8 Å². The number of aromatic nitrogens is 1. The molecule has 1 aromatic heterocycles. The van der Waals surface area contributed by atoms with Crippen molar-refractivity contribution in [2.24, 2.45) is 0 Å². The number of hydrogen-bond acceptors (Lipinski definition) is 3. The zero-order chi connectivity index (χ0) is 21.7. The molecular formula is C23H22ClFN2O3. The predicted molar refractivity (Wildman–Crippen MR) is 115 cm³/mol. The monoisotopic (exact) mass is 428 g/mol. The highest BCUT2D eigenvalue weighted by Crippen LogP contribution is 2.27. The molecule has 0 atom stereocenters. The van der Waals surface area contributed by atoms with Gasteiger partial charge in [-0.2, -0.15) is 0 Å². The van der Waals surface area contributed by atoms with Crippen LogP contribution in [0.4, 0.5) is 10.1 Å². The molecular weight excluding hydrogens is 407 g/mol. The Morgan fingerprint density at radius 1 is 1.13 bits per heavy atom. The standard InChI is InChI=1S/C23H22ClFN2O3/c1-3-30-23(29)18-14-21(16-7-5-4-6-8-16)27(15(18)2)12-11-22(28)26-17-9-10-20(25)19(24)13-17/h4-10,13-14H,3,11-12H2,1-2H3,(H,26,28). The van der Waals surface area contributed by atoms with Gasteiger partial charge in [0.05, 0.1) is 17.2 Å². The van der Waals surface area contributed by atoms with E-state index < -0.39 is 11.8 Å². The fraction of sp³-hybridized carbons (Fsp3) is 0.217. The molecule has 0 bridgehead atoms. The van der Waals surface area contributed by atoms with Crippen LogP contribution in [-0.2, 0) is 16.1 Å². The maximum absolute atomic E-state index is 13.3. The van der Waals surface area contributed by atoms with Crippen molar-refractivity contribution in [2.75, 3.05) is 11.9 Å². The van der Waals surface area contributed by atoms with Gasteiger partial charge >= 0.3 is 5.97 Å². The number of ether oxygens (including phenoxy) is 1. The van der Waals surface area contributed by atoms with Crippen LogP contribution in [0.25, 0.3) is 11.3 Å². The molecule has 0 saturated carbocycles. The first-order valence-electron chi connectivity index (χ1n) is 9.58. The van der Waals surface area contributed by atoms with Crippen molar-refractivity contribution in [2.45, 2.75) is 26.8 Å². The molecule has 0 aliphatic heterocycles. The number of anilines is 1. The van der Waals surface area contributed by atoms with E-state index in [1.165, 1.54) is 18.2 Å². The number of hydrogen-bond donors (Lipinski definition) is 1. The van der Waals surface area contributed by atoms with Gasteiger partial charge in [0, 0.05) is 30.0 Å². The molecule has 7 heteroatoms. The van der Waals surface area contributed by atoms with E-state index in [4.69, 9.17) is 16.3 Å². The lowest BCUT2D eigenvalue weighted by molar-refractivity contribution is -0.116. The second-order valence-corrected chi connectivity index (χ2v) is 7.10. The molecule has 2 aromatic carbocycles. The van der Waals surface area contributed by atoms with Gasteiger partial charge in [-0.3, -0.25) is 4.79 Å². The summed E-state index contributed by atoms with van der Waals surface area (Å²) in [5.41, 5.74) is 3.38. The highest BCUT2D eigenvalue weighted by molar-refractivity contribution is 6.31. The van der Waals surface area contributed by atoms with Crippen LogP contribution in [0.15, 0.2) is 54.6 Å². The molecule has 0 fully saturated rings. The van der Waals surface area contributed by atoms with Gasteiger partial charge in [0.15, 0.2) is 0 Å². The topological polar surface area (TPSA) is 60.3 Å². The second-order valence-electron chi connectivity index (χ2n) is 6.69. The lowest BCUT2D eigenvalue weighted by Gasteiger charge is -2.13. The van der Waals surface area contributed by atoms with Crippen LogP contribution in [-0.4, -0.2) is 23.1 Å². The zero-order valence-corrected chi connectivity index (χ0v) is 17.5. The Balaban J connectivity index is 1.82. The Kier molecular flexibility index (Phi) is 6.90. The van der Waals surface area contributed by atoms with Crippen molar-refractivity contribution in [1.82, 2.24) is 4.57 Å². The van der Waals surface area contributed by atoms with Crippen molar-refractivity contribution in [3.05, 3.63) is 76.7 Å². The summed E-state index contributed by atoms with van der Waals surface area (Å²) >= 11 is 5.76. The third-order valence-electron chi connectivity index (χ3n) is 4.70. The normalized spacial score (nSPS) is 10.7.